The summed E-state index contributed by atoms with van der Waals surface area (Å²) in [4.78, 5) is 13.7. The zero-order valence-corrected chi connectivity index (χ0v) is 19.9. The van der Waals surface area contributed by atoms with E-state index in [2.05, 4.69) is 0 Å². The summed E-state index contributed by atoms with van der Waals surface area (Å²) in [5, 5.41) is 39.9. The number of hydrogen-bond acceptors (Lipinski definition) is 11. The Morgan fingerprint density at radius 3 is 2.00 bits per heavy atom. The molecule has 2 aromatic rings. The van der Waals surface area contributed by atoms with E-state index in [0.717, 1.165) is 11.8 Å². The monoisotopic (exact) mass is 496 g/mol. The van der Waals surface area contributed by atoms with E-state index in [1.807, 2.05) is 0 Å². The third-order valence-electron chi connectivity index (χ3n) is 5.44. The van der Waals surface area contributed by atoms with Crippen LogP contribution in [-0.2, 0) is 4.74 Å². The molecule has 0 spiro atoms. The molecule has 0 bridgehead atoms. The van der Waals surface area contributed by atoms with Crippen molar-refractivity contribution >= 4 is 17.5 Å². The number of hydrogen-bond donors (Lipinski definition) is 4. The summed E-state index contributed by atoms with van der Waals surface area (Å²) < 4.78 is 26.9. The summed E-state index contributed by atoms with van der Waals surface area (Å²) in [5.41, 5.74) is -0.429. The first kappa shape index (κ1) is 26.1. The molecule has 34 heavy (non-hydrogen) atoms. The van der Waals surface area contributed by atoms with Gasteiger partial charge in [0.1, 0.15) is 35.6 Å². The SMILES string of the molecule is COc1ccc(C(=O)c2cc(OC)c(OC)c(OC)c2)cc1S[C@@H]1O[C@H](CO)[C@H](O)[C@H](O)[C@H]1O. The number of methoxy groups -OCH3 is 4. The highest BCUT2D eigenvalue weighted by atomic mass is 32.2. The number of carbonyl (C=O) groups excluding carboxylic acids is 1. The predicted octanol–water partition coefficient (Wildman–Crippen LogP) is 0.844. The summed E-state index contributed by atoms with van der Waals surface area (Å²) in [6, 6.07) is 7.83. The molecule has 0 radical (unpaired) electrons. The smallest absolute Gasteiger partial charge is 0.203 e. The average molecular weight is 497 g/mol. The molecule has 0 saturated carbocycles. The van der Waals surface area contributed by atoms with Crippen molar-refractivity contribution in [2.24, 2.45) is 0 Å². The highest BCUT2D eigenvalue weighted by Gasteiger charge is 2.44. The van der Waals surface area contributed by atoms with Crippen LogP contribution in [0.4, 0.5) is 0 Å². The van der Waals surface area contributed by atoms with Crippen molar-refractivity contribution in [1.29, 1.82) is 0 Å². The molecular weight excluding hydrogens is 468 g/mol. The fourth-order valence-electron chi connectivity index (χ4n) is 3.58. The van der Waals surface area contributed by atoms with Gasteiger partial charge in [-0.2, -0.15) is 0 Å². The maximum absolute atomic E-state index is 13.3. The number of ether oxygens (including phenoxy) is 5. The lowest BCUT2D eigenvalue weighted by atomic mass is 10.0. The molecule has 2 aromatic carbocycles. The fourth-order valence-corrected chi connectivity index (χ4v) is 4.79. The van der Waals surface area contributed by atoms with Crippen molar-refractivity contribution < 1.29 is 48.9 Å². The standard InChI is InChI=1S/C23H28O10S/c1-29-13-6-5-11(18(25)12-7-14(30-2)22(32-4)15(8-12)31-3)9-17(13)34-23-21(28)20(27)19(26)16(10-24)33-23/h5-9,16,19-21,23-24,26-28H,10H2,1-4H3/t16-,19+,20+,21-,23+/m1/s1. The van der Waals surface area contributed by atoms with Crippen molar-refractivity contribution in [2.45, 2.75) is 34.7 Å². The van der Waals surface area contributed by atoms with Gasteiger partial charge in [0.25, 0.3) is 0 Å². The fraction of sp³-hybridized carbons (Fsp3) is 0.435. The lowest BCUT2D eigenvalue weighted by Crippen LogP contribution is -2.57. The molecule has 0 unspecified atom stereocenters. The maximum Gasteiger partial charge on any atom is 0.203 e. The Hall–Kier alpha value is -2.54. The molecular formula is C23H28O10S. The number of aliphatic hydroxyl groups is 4. The summed E-state index contributed by atoms with van der Waals surface area (Å²) in [7, 11) is 5.82. The number of aliphatic hydroxyl groups excluding tert-OH is 4. The second-order valence-corrected chi connectivity index (χ2v) is 8.56. The Bertz CT molecular complexity index is 986. The van der Waals surface area contributed by atoms with Gasteiger partial charge in [0.05, 0.1) is 39.9 Å². The van der Waals surface area contributed by atoms with E-state index >= 15 is 0 Å². The third-order valence-corrected chi connectivity index (χ3v) is 6.64. The first-order valence-electron chi connectivity index (χ1n) is 10.3. The number of carbonyl (C=O) groups is 1. The molecule has 3 rings (SSSR count). The van der Waals surface area contributed by atoms with Crippen LogP contribution >= 0.6 is 11.8 Å². The molecule has 10 nitrogen and oxygen atoms in total. The van der Waals surface area contributed by atoms with Crippen LogP contribution in [0, 0.1) is 0 Å². The minimum Gasteiger partial charge on any atom is -0.496 e. The predicted molar refractivity (Wildman–Crippen MR) is 122 cm³/mol. The number of thioether (sulfide) groups is 1. The molecule has 1 aliphatic heterocycles. The van der Waals surface area contributed by atoms with E-state index < -0.39 is 36.5 Å². The Labute approximate surface area is 201 Å². The zero-order valence-electron chi connectivity index (χ0n) is 19.1. The Balaban J connectivity index is 1.95. The van der Waals surface area contributed by atoms with Gasteiger partial charge in [0.2, 0.25) is 5.75 Å². The van der Waals surface area contributed by atoms with Crippen molar-refractivity contribution in [1.82, 2.24) is 0 Å². The van der Waals surface area contributed by atoms with E-state index in [4.69, 9.17) is 23.7 Å². The second-order valence-electron chi connectivity index (χ2n) is 7.42. The number of ketones is 1. The van der Waals surface area contributed by atoms with Crippen LogP contribution in [0.25, 0.3) is 0 Å². The quantitative estimate of drug-likeness (QED) is 0.367. The van der Waals surface area contributed by atoms with Gasteiger partial charge < -0.3 is 44.1 Å². The summed E-state index contributed by atoms with van der Waals surface area (Å²) in [5.74, 6) is 1.08. The van der Waals surface area contributed by atoms with Crippen LogP contribution in [0.15, 0.2) is 35.2 Å². The lowest BCUT2D eigenvalue weighted by Gasteiger charge is -2.39. The summed E-state index contributed by atoms with van der Waals surface area (Å²) in [6.45, 7) is -0.543. The average Bonchev–Trinajstić information content (AvgIpc) is 2.87. The van der Waals surface area contributed by atoms with Crippen LogP contribution in [0.1, 0.15) is 15.9 Å². The minimum absolute atomic E-state index is 0.295. The largest absolute Gasteiger partial charge is 0.496 e. The highest BCUT2D eigenvalue weighted by molar-refractivity contribution is 8.00. The summed E-state index contributed by atoms with van der Waals surface area (Å²) >= 11 is 0.996. The van der Waals surface area contributed by atoms with Gasteiger partial charge in [-0.15, -0.1) is 0 Å². The van der Waals surface area contributed by atoms with Gasteiger partial charge in [0.15, 0.2) is 17.3 Å². The third kappa shape index (κ3) is 5.09. The number of rotatable bonds is 9. The Morgan fingerprint density at radius 2 is 1.47 bits per heavy atom. The molecule has 1 saturated heterocycles. The number of benzene rings is 2. The van der Waals surface area contributed by atoms with E-state index in [-0.39, 0.29) is 5.78 Å². The highest BCUT2D eigenvalue weighted by Crippen LogP contribution is 2.41. The second kappa shape index (κ2) is 11.3. The maximum atomic E-state index is 13.3. The van der Waals surface area contributed by atoms with Crippen molar-refractivity contribution in [3.05, 3.63) is 41.5 Å². The summed E-state index contributed by atoms with van der Waals surface area (Å²) in [6.07, 6.45) is -5.47. The molecule has 1 heterocycles. The molecule has 186 valence electrons. The van der Waals surface area contributed by atoms with Gasteiger partial charge in [-0.25, -0.2) is 0 Å². The topological polar surface area (TPSA) is 144 Å². The van der Waals surface area contributed by atoms with Gasteiger partial charge in [-0.1, -0.05) is 11.8 Å². The van der Waals surface area contributed by atoms with Crippen molar-refractivity contribution in [2.75, 3.05) is 35.0 Å². The molecule has 5 atom stereocenters. The molecule has 0 amide bonds. The minimum atomic E-state index is -1.52. The molecule has 0 aliphatic carbocycles. The first-order valence-corrected chi connectivity index (χ1v) is 11.2. The van der Waals surface area contributed by atoms with Gasteiger partial charge in [-0.05, 0) is 30.3 Å². The normalized spacial score (nSPS) is 24.4. The van der Waals surface area contributed by atoms with Gasteiger partial charge >= 0.3 is 0 Å². The van der Waals surface area contributed by atoms with Crippen LogP contribution < -0.4 is 18.9 Å². The van der Waals surface area contributed by atoms with E-state index in [1.54, 1.807) is 30.3 Å². The first-order chi connectivity index (χ1) is 16.3. The van der Waals surface area contributed by atoms with E-state index in [1.165, 1.54) is 28.4 Å². The van der Waals surface area contributed by atoms with Crippen LogP contribution in [0.2, 0.25) is 0 Å². The van der Waals surface area contributed by atoms with Crippen LogP contribution in [-0.4, -0.2) is 91.1 Å². The molecule has 0 aromatic heterocycles. The Morgan fingerprint density at radius 1 is 0.853 bits per heavy atom. The molecule has 11 heteroatoms. The molecule has 1 aliphatic rings. The van der Waals surface area contributed by atoms with E-state index in [0.29, 0.717) is 39.0 Å². The lowest BCUT2D eigenvalue weighted by molar-refractivity contribution is -0.205. The van der Waals surface area contributed by atoms with Gasteiger partial charge in [-0.3, -0.25) is 4.79 Å². The van der Waals surface area contributed by atoms with E-state index in [9.17, 15) is 25.2 Å². The van der Waals surface area contributed by atoms with Crippen molar-refractivity contribution in [3.8, 4) is 23.0 Å². The van der Waals surface area contributed by atoms with Gasteiger partial charge in [0, 0.05) is 11.1 Å². The molecule has 1 fully saturated rings. The zero-order chi connectivity index (χ0) is 25.0. The Kier molecular flexibility index (Phi) is 8.63. The molecule has 4 N–H and O–H groups in total. The van der Waals surface area contributed by atoms with Crippen LogP contribution in [0.5, 0.6) is 23.0 Å². The van der Waals surface area contributed by atoms with Crippen LogP contribution in [0.3, 0.4) is 0 Å². The van der Waals surface area contributed by atoms with Crippen molar-refractivity contribution in [3.63, 3.8) is 0 Å².